The van der Waals surface area contributed by atoms with Gasteiger partial charge >= 0.3 is 5.97 Å². The number of ether oxygens (including phenoxy) is 1. The van der Waals surface area contributed by atoms with E-state index in [0.29, 0.717) is 6.42 Å². The lowest BCUT2D eigenvalue weighted by Gasteiger charge is -2.21. The molecule has 5 heteroatoms. The number of aliphatic carboxylic acids is 1. The second-order valence-corrected chi connectivity index (χ2v) is 7.99. The van der Waals surface area contributed by atoms with Gasteiger partial charge in [-0.3, -0.25) is 4.79 Å². The van der Waals surface area contributed by atoms with E-state index in [-0.39, 0.29) is 6.42 Å². The molecule has 1 aliphatic rings. The molecular formula is C18H24Br2O3. The number of halogens is 2. The largest absolute Gasteiger partial charge is 0.491 e. The summed E-state index contributed by atoms with van der Waals surface area (Å²) >= 11 is 7.06. The summed E-state index contributed by atoms with van der Waals surface area (Å²) in [6.07, 6.45) is 9.95. The molecule has 1 fully saturated rings. The fourth-order valence-corrected chi connectivity index (χ4v) is 4.68. The average Bonchev–Trinajstić information content (AvgIpc) is 2.52. The van der Waals surface area contributed by atoms with Crippen LogP contribution in [0.3, 0.4) is 0 Å². The number of hydrogen-bond acceptors (Lipinski definition) is 2. The maximum Gasteiger partial charge on any atom is 0.303 e. The van der Waals surface area contributed by atoms with Gasteiger partial charge in [0.25, 0.3) is 0 Å². The van der Waals surface area contributed by atoms with Gasteiger partial charge in [-0.2, -0.15) is 0 Å². The van der Waals surface area contributed by atoms with E-state index in [0.717, 1.165) is 39.2 Å². The van der Waals surface area contributed by atoms with Crippen LogP contribution in [0.25, 0.3) is 0 Å². The van der Waals surface area contributed by atoms with Crippen molar-refractivity contribution in [1.29, 1.82) is 0 Å². The number of rotatable bonds is 8. The molecule has 0 heterocycles. The molecular weight excluding hydrogens is 424 g/mol. The van der Waals surface area contributed by atoms with Crippen LogP contribution in [0.2, 0.25) is 0 Å². The van der Waals surface area contributed by atoms with Crippen molar-refractivity contribution in [3.8, 4) is 5.75 Å². The van der Waals surface area contributed by atoms with E-state index in [1.807, 2.05) is 12.1 Å². The highest BCUT2D eigenvalue weighted by Gasteiger charge is 2.14. The molecule has 0 radical (unpaired) electrons. The van der Waals surface area contributed by atoms with Crippen LogP contribution in [0.15, 0.2) is 21.1 Å². The molecule has 0 saturated heterocycles. The standard InChI is InChI=1S/C18H24Br2O3/c19-15-11-14(8-9-17(21)22)12-16(20)18(15)23-10-4-7-13-5-2-1-3-6-13/h11-13H,1-10H2,(H,21,22). The van der Waals surface area contributed by atoms with Gasteiger partial charge in [0, 0.05) is 6.42 Å². The minimum atomic E-state index is -0.778. The maximum atomic E-state index is 10.7. The lowest BCUT2D eigenvalue weighted by atomic mass is 9.86. The van der Waals surface area contributed by atoms with Gasteiger partial charge < -0.3 is 9.84 Å². The van der Waals surface area contributed by atoms with Gasteiger partial charge in [0.05, 0.1) is 15.6 Å². The number of aryl methyl sites for hydroxylation is 1. The van der Waals surface area contributed by atoms with Crippen molar-refractivity contribution in [3.63, 3.8) is 0 Å². The Bertz CT molecular complexity index is 502. The SMILES string of the molecule is O=C(O)CCc1cc(Br)c(OCCCC2CCCCC2)c(Br)c1. The Kier molecular flexibility index (Phi) is 7.90. The summed E-state index contributed by atoms with van der Waals surface area (Å²) in [6, 6.07) is 3.90. The lowest BCUT2D eigenvalue weighted by molar-refractivity contribution is -0.136. The highest BCUT2D eigenvalue weighted by Crippen LogP contribution is 2.35. The first kappa shape index (κ1) is 18.8. The summed E-state index contributed by atoms with van der Waals surface area (Å²) in [6.45, 7) is 0.724. The summed E-state index contributed by atoms with van der Waals surface area (Å²) in [5.41, 5.74) is 0.987. The van der Waals surface area contributed by atoms with Crippen LogP contribution < -0.4 is 4.74 Å². The van der Waals surface area contributed by atoms with Crippen LogP contribution in [0.5, 0.6) is 5.75 Å². The molecule has 128 valence electrons. The Balaban J connectivity index is 1.81. The zero-order chi connectivity index (χ0) is 16.7. The smallest absolute Gasteiger partial charge is 0.303 e. The third-order valence-corrected chi connectivity index (χ3v) is 5.59. The van der Waals surface area contributed by atoms with E-state index in [4.69, 9.17) is 9.84 Å². The first-order valence-corrected chi connectivity index (χ1v) is 9.97. The molecule has 0 amide bonds. The van der Waals surface area contributed by atoms with Crippen molar-refractivity contribution in [1.82, 2.24) is 0 Å². The molecule has 0 spiro atoms. The van der Waals surface area contributed by atoms with E-state index < -0.39 is 5.97 Å². The Morgan fingerprint density at radius 3 is 2.43 bits per heavy atom. The Morgan fingerprint density at radius 1 is 1.17 bits per heavy atom. The third kappa shape index (κ3) is 6.46. The minimum absolute atomic E-state index is 0.139. The van der Waals surface area contributed by atoms with Crippen LogP contribution >= 0.6 is 31.9 Å². The number of benzene rings is 1. The normalized spacial score (nSPS) is 15.6. The molecule has 0 atom stereocenters. The zero-order valence-electron chi connectivity index (χ0n) is 13.3. The minimum Gasteiger partial charge on any atom is -0.491 e. The predicted molar refractivity (Wildman–Crippen MR) is 99.1 cm³/mol. The van der Waals surface area contributed by atoms with Crippen LogP contribution in [0, 0.1) is 5.92 Å². The molecule has 1 saturated carbocycles. The van der Waals surface area contributed by atoms with Crippen molar-refractivity contribution >= 4 is 37.8 Å². The first-order valence-electron chi connectivity index (χ1n) is 8.39. The molecule has 1 N–H and O–H groups in total. The monoisotopic (exact) mass is 446 g/mol. The van der Waals surface area contributed by atoms with Crippen molar-refractivity contribution in [3.05, 3.63) is 26.6 Å². The van der Waals surface area contributed by atoms with Crippen LogP contribution in [-0.4, -0.2) is 17.7 Å². The number of carbonyl (C=O) groups is 1. The number of hydrogen-bond donors (Lipinski definition) is 1. The fourth-order valence-electron chi connectivity index (χ4n) is 3.17. The van der Waals surface area contributed by atoms with E-state index in [9.17, 15) is 4.79 Å². The van der Waals surface area contributed by atoms with Crippen LogP contribution in [0.4, 0.5) is 0 Å². The maximum absolute atomic E-state index is 10.7. The zero-order valence-corrected chi connectivity index (χ0v) is 16.5. The van der Waals surface area contributed by atoms with Gasteiger partial charge in [0.2, 0.25) is 0 Å². The highest BCUT2D eigenvalue weighted by atomic mass is 79.9. The topological polar surface area (TPSA) is 46.5 Å². The summed E-state index contributed by atoms with van der Waals surface area (Å²) < 4.78 is 7.69. The summed E-state index contributed by atoms with van der Waals surface area (Å²) in [5.74, 6) is 0.922. The third-order valence-electron chi connectivity index (χ3n) is 4.41. The fraction of sp³-hybridized carbons (Fsp3) is 0.611. The molecule has 23 heavy (non-hydrogen) atoms. The highest BCUT2D eigenvalue weighted by molar-refractivity contribution is 9.11. The van der Waals surface area contributed by atoms with Crippen molar-refractivity contribution in [2.24, 2.45) is 5.92 Å². The summed E-state index contributed by atoms with van der Waals surface area (Å²) in [7, 11) is 0. The molecule has 3 nitrogen and oxygen atoms in total. The predicted octanol–water partition coefficient (Wildman–Crippen LogP) is 5.97. The van der Waals surface area contributed by atoms with E-state index in [2.05, 4.69) is 31.9 Å². The quantitative estimate of drug-likeness (QED) is 0.499. The van der Waals surface area contributed by atoms with Crippen LogP contribution in [-0.2, 0) is 11.2 Å². The van der Waals surface area contributed by atoms with Crippen molar-refractivity contribution < 1.29 is 14.6 Å². The molecule has 0 aliphatic heterocycles. The van der Waals surface area contributed by atoms with Crippen molar-refractivity contribution in [2.45, 2.75) is 57.8 Å². The second-order valence-electron chi connectivity index (χ2n) is 6.28. The molecule has 0 bridgehead atoms. The van der Waals surface area contributed by atoms with Gasteiger partial charge in [0.15, 0.2) is 0 Å². The molecule has 2 rings (SSSR count). The Labute approximate surface area is 155 Å². The Hall–Kier alpha value is -0.550. The van der Waals surface area contributed by atoms with E-state index >= 15 is 0 Å². The van der Waals surface area contributed by atoms with Crippen LogP contribution in [0.1, 0.15) is 56.9 Å². The number of carboxylic acids is 1. The number of carboxylic acid groups (broad SMARTS) is 1. The van der Waals surface area contributed by atoms with Gasteiger partial charge in [-0.1, -0.05) is 32.1 Å². The molecule has 0 aromatic heterocycles. The van der Waals surface area contributed by atoms with Gasteiger partial charge in [0.1, 0.15) is 5.75 Å². The molecule has 1 aliphatic carbocycles. The molecule has 1 aromatic carbocycles. The molecule has 1 aromatic rings. The van der Waals surface area contributed by atoms with E-state index in [1.165, 1.54) is 38.5 Å². The molecule has 0 unspecified atom stereocenters. The second kappa shape index (κ2) is 9.67. The summed E-state index contributed by atoms with van der Waals surface area (Å²) in [4.78, 5) is 10.7. The van der Waals surface area contributed by atoms with E-state index in [1.54, 1.807) is 0 Å². The Morgan fingerprint density at radius 2 is 1.83 bits per heavy atom. The van der Waals surface area contributed by atoms with Gasteiger partial charge in [-0.15, -0.1) is 0 Å². The lowest BCUT2D eigenvalue weighted by Crippen LogP contribution is -2.08. The first-order chi connectivity index (χ1) is 11.1. The van der Waals surface area contributed by atoms with Gasteiger partial charge in [-0.25, -0.2) is 0 Å². The van der Waals surface area contributed by atoms with Gasteiger partial charge in [-0.05, 0) is 74.7 Å². The summed E-state index contributed by atoms with van der Waals surface area (Å²) in [5, 5.41) is 8.77. The average molecular weight is 448 g/mol. The van der Waals surface area contributed by atoms with Crippen molar-refractivity contribution in [2.75, 3.05) is 6.61 Å².